The predicted molar refractivity (Wildman–Crippen MR) is 71.9 cm³/mol. The van der Waals surface area contributed by atoms with E-state index in [2.05, 4.69) is 19.3 Å². The van der Waals surface area contributed by atoms with E-state index in [1.165, 1.54) is 0 Å². The Labute approximate surface area is 111 Å². The Hall–Kier alpha value is -1.89. The zero-order valence-electron chi connectivity index (χ0n) is 11.0. The lowest BCUT2D eigenvalue weighted by atomic mass is 10.3. The van der Waals surface area contributed by atoms with Crippen molar-refractivity contribution in [1.82, 2.24) is 10.3 Å². The molecule has 0 aliphatic rings. The van der Waals surface area contributed by atoms with E-state index in [1.807, 2.05) is 0 Å². The van der Waals surface area contributed by atoms with Crippen LogP contribution in [0.1, 0.15) is 11.4 Å². The van der Waals surface area contributed by atoms with E-state index in [9.17, 15) is 4.21 Å². The lowest BCUT2D eigenvalue weighted by Crippen LogP contribution is -1.97. The van der Waals surface area contributed by atoms with E-state index in [0.717, 1.165) is 0 Å². The van der Waals surface area contributed by atoms with Crippen LogP contribution >= 0.6 is 0 Å². The van der Waals surface area contributed by atoms with Crippen molar-refractivity contribution in [2.45, 2.75) is 13.5 Å². The normalized spacial score (nSPS) is 11.3. The second kappa shape index (κ2) is 5.40. The lowest BCUT2D eigenvalue weighted by Gasteiger charge is -2.04. The molecule has 0 radical (unpaired) electrons. The van der Waals surface area contributed by atoms with Gasteiger partial charge in [0, 0.05) is 22.2 Å². The van der Waals surface area contributed by atoms with Crippen molar-refractivity contribution in [3.63, 3.8) is 0 Å². The molecule has 6 nitrogen and oxygen atoms in total. The van der Waals surface area contributed by atoms with Gasteiger partial charge < -0.3 is 4.74 Å². The van der Waals surface area contributed by atoms with Gasteiger partial charge in [0.25, 0.3) is 0 Å². The molecular weight excluding hydrogens is 266 g/mol. The van der Waals surface area contributed by atoms with E-state index >= 15 is 0 Å². The van der Waals surface area contributed by atoms with E-state index in [1.54, 1.807) is 43.7 Å². The van der Waals surface area contributed by atoms with E-state index < -0.39 is 9.73 Å². The van der Waals surface area contributed by atoms with Crippen LogP contribution in [0.5, 0.6) is 5.75 Å². The molecule has 102 valence electrons. The third-order valence-corrected chi connectivity index (χ3v) is 2.93. The number of aryl methyl sites for hydroxylation is 1. The first-order valence-electron chi connectivity index (χ1n) is 5.62. The van der Waals surface area contributed by atoms with Crippen LogP contribution in [0.25, 0.3) is 0 Å². The number of rotatable bonds is 4. The highest BCUT2D eigenvalue weighted by Crippen LogP contribution is 2.20. The summed E-state index contributed by atoms with van der Waals surface area (Å²) in [6.45, 7) is 2.10. The fourth-order valence-corrected chi connectivity index (χ4v) is 2.02. The van der Waals surface area contributed by atoms with Gasteiger partial charge in [-0.3, -0.25) is 0 Å². The molecule has 0 saturated carbocycles. The molecular formula is C12H15N3O3S. The molecule has 1 heterocycles. The Kier molecular flexibility index (Phi) is 3.84. The van der Waals surface area contributed by atoms with E-state index in [-0.39, 0.29) is 0 Å². The lowest BCUT2D eigenvalue weighted by molar-refractivity contribution is 0.270. The van der Waals surface area contributed by atoms with Gasteiger partial charge in [-0.2, -0.15) is 4.36 Å². The van der Waals surface area contributed by atoms with Gasteiger partial charge in [-0.05, 0) is 31.2 Å². The third kappa shape index (κ3) is 4.06. The average molecular weight is 281 g/mol. The number of aromatic nitrogens is 2. The summed E-state index contributed by atoms with van der Waals surface area (Å²) in [7, 11) is -2.14. The molecule has 0 unspecified atom stereocenters. The van der Waals surface area contributed by atoms with Crippen molar-refractivity contribution >= 4 is 15.4 Å². The average Bonchev–Trinajstić information content (AvgIpc) is 2.72. The Morgan fingerprint density at radius 3 is 2.47 bits per heavy atom. The summed E-state index contributed by atoms with van der Waals surface area (Å²) < 4.78 is 25.7. The minimum atomic E-state index is -2.14. The molecule has 1 aromatic carbocycles. The maximum atomic E-state index is 11.5. The van der Waals surface area contributed by atoms with Gasteiger partial charge in [0.1, 0.15) is 23.7 Å². The van der Waals surface area contributed by atoms with Crippen molar-refractivity contribution in [3.05, 3.63) is 35.7 Å². The molecule has 0 aliphatic heterocycles. The summed E-state index contributed by atoms with van der Waals surface area (Å²) in [5.74, 6) is 0.681. The molecule has 0 bridgehead atoms. The number of hydrogen-bond acceptors (Lipinski definition) is 6. The first kappa shape index (κ1) is 13.5. The minimum absolute atomic E-state index is 0.296. The molecule has 0 spiro atoms. The largest absolute Gasteiger partial charge is 0.487 e. The van der Waals surface area contributed by atoms with Crippen molar-refractivity contribution < 1.29 is 13.6 Å². The number of hydrogen-bond donors (Lipinski definition) is 0. The third-order valence-electron chi connectivity index (χ3n) is 2.28. The molecule has 0 saturated heterocycles. The second-order valence-corrected chi connectivity index (χ2v) is 6.90. The van der Waals surface area contributed by atoms with Gasteiger partial charge in [-0.25, -0.2) is 8.84 Å². The van der Waals surface area contributed by atoms with Gasteiger partial charge in [-0.1, -0.05) is 10.3 Å². The molecule has 0 N–H and O–H groups in total. The van der Waals surface area contributed by atoms with Gasteiger partial charge in [0.15, 0.2) is 0 Å². The second-order valence-electron chi connectivity index (χ2n) is 4.35. The van der Waals surface area contributed by atoms with Crippen molar-refractivity contribution in [2.24, 2.45) is 4.36 Å². The van der Waals surface area contributed by atoms with Gasteiger partial charge in [-0.15, -0.1) is 0 Å². The SMILES string of the molecule is Cc1nonc1COc1ccc(N=S(C)(C)=O)cc1. The van der Waals surface area contributed by atoms with Crippen molar-refractivity contribution in [3.8, 4) is 5.75 Å². The quantitative estimate of drug-likeness (QED) is 0.859. The highest BCUT2D eigenvalue weighted by molar-refractivity contribution is 7.92. The Morgan fingerprint density at radius 1 is 1.26 bits per heavy atom. The smallest absolute Gasteiger partial charge is 0.145 e. The van der Waals surface area contributed by atoms with E-state index in [0.29, 0.717) is 29.4 Å². The molecule has 0 atom stereocenters. The molecule has 19 heavy (non-hydrogen) atoms. The van der Waals surface area contributed by atoms with Gasteiger partial charge in [0.2, 0.25) is 0 Å². The maximum absolute atomic E-state index is 11.5. The fraction of sp³-hybridized carbons (Fsp3) is 0.333. The first-order valence-corrected chi connectivity index (χ1v) is 7.95. The molecule has 2 aromatic rings. The molecule has 0 fully saturated rings. The topological polar surface area (TPSA) is 77.6 Å². The van der Waals surface area contributed by atoms with Crippen molar-refractivity contribution in [1.29, 1.82) is 0 Å². The monoisotopic (exact) mass is 281 g/mol. The standard InChI is InChI=1S/C12H15N3O3S/c1-9-12(14-18-13-9)8-17-11-6-4-10(5-7-11)15-19(2,3)16/h4-7H,8H2,1-3H3. The minimum Gasteiger partial charge on any atom is -0.487 e. The summed E-state index contributed by atoms with van der Waals surface area (Å²) in [6, 6.07) is 7.06. The predicted octanol–water partition coefficient (Wildman–Crippen LogP) is 2.32. The molecule has 2 rings (SSSR count). The summed E-state index contributed by atoms with van der Waals surface area (Å²) in [4.78, 5) is 0. The van der Waals surface area contributed by atoms with Crippen LogP contribution in [0.2, 0.25) is 0 Å². The van der Waals surface area contributed by atoms with Crippen LogP contribution in [-0.4, -0.2) is 27.0 Å². The Balaban J connectivity index is 2.04. The van der Waals surface area contributed by atoms with Crippen LogP contribution in [-0.2, 0) is 16.3 Å². The maximum Gasteiger partial charge on any atom is 0.145 e. The van der Waals surface area contributed by atoms with Crippen LogP contribution in [0.4, 0.5) is 5.69 Å². The highest BCUT2D eigenvalue weighted by atomic mass is 32.2. The molecule has 7 heteroatoms. The summed E-state index contributed by atoms with van der Waals surface area (Å²) >= 11 is 0. The summed E-state index contributed by atoms with van der Waals surface area (Å²) in [6.07, 6.45) is 3.19. The number of ether oxygens (including phenoxy) is 1. The fourth-order valence-electron chi connectivity index (χ4n) is 1.39. The highest BCUT2D eigenvalue weighted by Gasteiger charge is 2.05. The molecule has 1 aromatic heterocycles. The molecule has 0 amide bonds. The van der Waals surface area contributed by atoms with Crippen LogP contribution in [0, 0.1) is 6.92 Å². The Bertz CT molecular complexity index is 662. The number of nitrogens with zero attached hydrogens (tertiary/aromatic N) is 3. The molecule has 0 aliphatic carbocycles. The van der Waals surface area contributed by atoms with Crippen LogP contribution < -0.4 is 4.74 Å². The summed E-state index contributed by atoms with van der Waals surface area (Å²) in [5, 5.41) is 7.40. The van der Waals surface area contributed by atoms with Crippen molar-refractivity contribution in [2.75, 3.05) is 12.5 Å². The first-order chi connectivity index (χ1) is 8.94. The van der Waals surface area contributed by atoms with E-state index in [4.69, 9.17) is 4.74 Å². The zero-order valence-corrected chi connectivity index (χ0v) is 11.8. The summed E-state index contributed by atoms with van der Waals surface area (Å²) in [5.41, 5.74) is 2.05. The van der Waals surface area contributed by atoms with Gasteiger partial charge in [0.05, 0.1) is 5.69 Å². The van der Waals surface area contributed by atoms with Crippen LogP contribution in [0.15, 0.2) is 33.3 Å². The zero-order chi connectivity index (χ0) is 13.9. The van der Waals surface area contributed by atoms with Gasteiger partial charge >= 0.3 is 0 Å². The Morgan fingerprint density at radius 2 is 1.95 bits per heavy atom. The number of benzene rings is 1. The van der Waals surface area contributed by atoms with Crippen LogP contribution in [0.3, 0.4) is 0 Å².